The minimum absolute atomic E-state index is 0.0120. The van der Waals surface area contributed by atoms with Crippen LogP contribution in [0.5, 0.6) is 11.5 Å². The molecule has 0 radical (unpaired) electrons. The summed E-state index contributed by atoms with van der Waals surface area (Å²) in [5, 5.41) is 13.6. The molecule has 27 heavy (non-hydrogen) atoms. The number of amides is 1. The highest BCUT2D eigenvalue weighted by molar-refractivity contribution is 6.32. The fraction of sp³-hybridized carbons (Fsp3) is 0.350. The first-order valence-corrected chi connectivity index (χ1v) is 9.31. The number of aromatic hydroxyl groups is 1. The van der Waals surface area contributed by atoms with Gasteiger partial charge in [0.1, 0.15) is 6.17 Å². The lowest BCUT2D eigenvalue weighted by atomic mass is 10.0. The van der Waals surface area contributed by atoms with E-state index in [1.165, 1.54) is 7.11 Å². The molecule has 0 aromatic heterocycles. The molecular formula is C20H21ClN2O4. The number of benzene rings is 2. The Morgan fingerprint density at radius 3 is 2.93 bits per heavy atom. The molecule has 0 bridgehead atoms. The van der Waals surface area contributed by atoms with Crippen LogP contribution in [0.15, 0.2) is 36.4 Å². The van der Waals surface area contributed by atoms with E-state index in [4.69, 9.17) is 21.1 Å². The number of phenolic OH excluding ortho intramolecular Hbond substituents is 1. The van der Waals surface area contributed by atoms with E-state index in [-0.39, 0.29) is 28.5 Å². The topological polar surface area (TPSA) is 71.0 Å². The van der Waals surface area contributed by atoms with Gasteiger partial charge in [-0.05, 0) is 37.1 Å². The van der Waals surface area contributed by atoms with Crippen molar-refractivity contribution in [2.75, 3.05) is 25.6 Å². The van der Waals surface area contributed by atoms with Gasteiger partial charge in [0.15, 0.2) is 11.5 Å². The molecule has 2 aliphatic rings. The molecule has 2 heterocycles. The van der Waals surface area contributed by atoms with Crippen molar-refractivity contribution in [3.63, 3.8) is 0 Å². The third-order valence-corrected chi connectivity index (χ3v) is 5.32. The van der Waals surface area contributed by atoms with Crippen LogP contribution in [0, 0.1) is 0 Å². The van der Waals surface area contributed by atoms with Crippen molar-refractivity contribution in [1.82, 2.24) is 4.90 Å². The van der Waals surface area contributed by atoms with Crippen molar-refractivity contribution in [2.24, 2.45) is 0 Å². The molecule has 1 amide bonds. The number of nitrogens with one attached hydrogen (secondary N) is 1. The highest BCUT2D eigenvalue weighted by Crippen LogP contribution is 2.40. The number of carbonyl (C=O) groups excluding carboxylic acids is 1. The zero-order valence-electron chi connectivity index (χ0n) is 14.9. The molecule has 0 saturated carbocycles. The first kappa shape index (κ1) is 17.9. The number of rotatable bonds is 4. The second-order valence-corrected chi connectivity index (χ2v) is 7.15. The Balaban J connectivity index is 1.76. The zero-order chi connectivity index (χ0) is 19.0. The Morgan fingerprint density at radius 1 is 1.37 bits per heavy atom. The highest BCUT2D eigenvalue weighted by Gasteiger charge is 2.35. The number of ether oxygens (including phenoxy) is 2. The summed E-state index contributed by atoms with van der Waals surface area (Å²) in [4.78, 5) is 15.0. The molecule has 2 aromatic carbocycles. The summed E-state index contributed by atoms with van der Waals surface area (Å²) < 4.78 is 11.0. The van der Waals surface area contributed by atoms with Gasteiger partial charge in [-0.15, -0.1) is 0 Å². The van der Waals surface area contributed by atoms with E-state index >= 15 is 0 Å². The summed E-state index contributed by atoms with van der Waals surface area (Å²) in [5.41, 5.74) is 2.12. The highest BCUT2D eigenvalue weighted by atomic mass is 35.5. The van der Waals surface area contributed by atoms with E-state index in [1.54, 1.807) is 17.0 Å². The van der Waals surface area contributed by atoms with Gasteiger partial charge in [0.05, 0.1) is 23.8 Å². The van der Waals surface area contributed by atoms with Crippen LogP contribution >= 0.6 is 11.6 Å². The molecule has 2 aromatic rings. The average molecular weight is 389 g/mol. The second kappa shape index (κ2) is 7.29. The largest absolute Gasteiger partial charge is 0.503 e. The maximum atomic E-state index is 13.2. The van der Waals surface area contributed by atoms with Crippen LogP contribution < -0.4 is 10.1 Å². The monoisotopic (exact) mass is 388 g/mol. The van der Waals surface area contributed by atoms with Crippen LogP contribution in [0.2, 0.25) is 5.02 Å². The summed E-state index contributed by atoms with van der Waals surface area (Å²) in [6.07, 6.45) is 1.50. The lowest BCUT2D eigenvalue weighted by molar-refractivity contribution is 0.0426. The van der Waals surface area contributed by atoms with Crippen molar-refractivity contribution < 1.29 is 19.4 Å². The van der Waals surface area contributed by atoms with Crippen molar-refractivity contribution in [3.8, 4) is 11.5 Å². The quantitative estimate of drug-likeness (QED) is 0.833. The van der Waals surface area contributed by atoms with Crippen molar-refractivity contribution >= 4 is 23.2 Å². The van der Waals surface area contributed by atoms with Crippen molar-refractivity contribution in [2.45, 2.75) is 25.1 Å². The molecular weight excluding hydrogens is 368 g/mol. The molecule has 2 atom stereocenters. The fourth-order valence-electron chi connectivity index (χ4n) is 3.66. The van der Waals surface area contributed by atoms with Crippen LogP contribution in [0.4, 0.5) is 5.69 Å². The van der Waals surface area contributed by atoms with Crippen LogP contribution in [-0.2, 0) is 4.74 Å². The number of fused-ring (bicyclic) bond motifs is 1. The maximum absolute atomic E-state index is 13.2. The molecule has 7 heteroatoms. The van der Waals surface area contributed by atoms with Gasteiger partial charge >= 0.3 is 0 Å². The summed E-state index contributed by atoms with van der Waals surface area (Å²) >= 11 is 6.19. The summed E-state index contributed by atoms with van der Waals surface area (Å²) in [6, 6.07) is 10.8. The number of para-hydroxylation sites is 1. The van der Waals surface area contributed by atoms with Crippen LogP contribution in [0.1, 0.15) is 34.9 Å². The zero-order valence-corrected chi connectivity index (χ0v) is 15.7. The summed E-state index contributed by atoms with van der Waals surface area (Å²) in [7, 11) is 1.47. The molecule has 1 saturated heterocycles. The van der Waals surface area contributed by atoms with E-state index in [0.717, 1.165) is 30.7 Å². The first-order valence-electron chi connectivity index (χ1n) is 8.93. The number of anilines is 1. The van der Waals surface area contributed by atoms with Crippen LogP contribution in [0.25, 0.3) is 0 Å². The minimum Gasteiger partial charge on any atom is -0.503 e. The summed E-state index contributed by atoms with van der Waals surface area (Å²) in [5.74, 6) is 0.0896. The van der Waals surface area contributed by atoms with Crippen molar-refractivity contribution in [3.05, 3.63) is 52.5 Å². The predicted molar refractivity (Wildman–Crippen MR) is 102 cm³/mol. The van der Waals surface area contributed by atoms with Gasteiger partial charge < -0.3 is 24.8 Å². The van der Waals surface area contributed by atoms with Gasteiger partial charge in [0.2, 0.25) is 0 Å². The Labute approximate surface area is 162 Å². The molecule has 0 unspecified atom stereocenters. The average Bonchev–Trinajstić information content (AvgIpc) is 3.19. The number of phenols is 1. The van der Waals surface area contributed by atoms with Gasteiger partial charge in [-0.25, -0.2) is 0 Å². The van der Waals surface area contributed by atoms with E-state index in [2.05, 4.69) is 5.32 Å². The van der Waals surface area contributed by atoms with E-state index < -0.39 is 6.17 Å². The molecule has 4 rings (SSSR count). The van der Waals surface area contributed by atoms with Gasteiger partial charge in [-0.2, -0.15) is 0 Å². The normalized spacial score (nSPS) is 21.7. The molecule has 142 valence electrons. The van der Waals surface area contributed by atoms with Gasteiger partial charge in [0, 0.05) is 24.4 Å². The number of nitrogens with zero attached hydrogens (tertiary/aromatic N) is 1. The van der Waals surface area contributed by atoms with Gasteiger partial charge in [0.25, 0.3) is 5.91 Å². The third-order valence-electron chi connectivity index (χ3n) is 5.03. The second-order valence-electron chi connectivity index (χ2n) is 6.74. The van der Waals surface area contributed by atoms with E-state index in [9.17, 15) is 9.90 Å². The smallest absolute Gasteiger partial charge is 0.257 e. The summed E-state index contributed by atoms with van der Waals surface area (Å²) in [6.45, 7) is 1.20. The fourth-order valence-corrected chi connectivity index (χ4v) is 3.88. The third kappa shape index (κ3) is 3.31. The molecule has 2 aliphatic heterocycles. The Morgan fingerprint density at radius 2 is 2.19 bits per heavy atom. The Bertz CT molecular complexity index is 867. The molecule has 6 nitrogen and oxygen atoms in total. The number of hydrogen-bond acceptors (Lipinski definition) is 5. The van der Waals surface area contributed by atoms with Gasteiger partial charge in [-0.1, -0.05) is 23.7 Å². The van der Waals surface area contributed by atoms with E-state index in [1.807, 2.05) is 24.3 Å². The lowest BCUT2D eigenvalue weighted by Gasteiger charge is -2.39. The number of methoxy groups -OCH3 is 1. The molecule has 1 fully saturated rings. The Hall–Kier alpha value is -2.44. The minimum atomic E-state index is -0.441. The van der Waals surface area contributed by atoms with Crippen LogP contribution in [-0.4, -0.2) is 42.3 Å². The maximum Gasteiger partial charge on any atom is 0.257 e. The number of carbonyl (C=O) groups is 1. The van der Waals surface area contributed by atoms with Crippen molar-refractivity contribution in [1.29, 1.82) is 0 Å². The standard InChI is InChI=1S/C20H21ClN2O4/c1-26-17-10-12(9-15(21)18(17)24)19-22-16-7-3-2-6-14(16)20(25)23(19)11-13-5-4-8-27-13/h2-3,6-7,9-10,13,19,22,24H,4-5,8,11H2,1H3/t13-,19+/m1/s1. The van der Waals surface area contributed by atoms with Crippen LogP contribution in [0.3, 0.4) is 0 Å². The SMILES string of the molecule is COc1cc([C@H]2Nc3ccccc3C(=O)N2C[C@H]2CCCO2)cc(Cl)c1O. The molecule has 2 N–H and O–H groups in total. The van der Waals surface area contributed by atoms with E-state index in [0.29, 0.717) is 12.1 Å². The number of halogens is 1. The first-order chi connectivity index (χ1) is 13.1. The molecule has 0 spiro atoms. The number of hydrogen-bond donors (Lipinski definition) is 2. The lowest BCUT2D eigenvalue weighted by Crippen LogP contribution is -2.46. The Kier molecular flexibility index (Phi) is 4.85. The molecule has 0 aliphatic carbocycles. The van der Waals surface area contributed by atoms with Gasteiger partial charge in [-0.3, -0.25) is 4.79 Å². The predicted octanol–water partition coefficient (Wildman–Crippen LogP) is 3.80.